The number of amides is 1. The molecule has 1 atom stereocenters. The van der Waals surface area contributed by atoms with Crippen molar-refractivity contribution in [3.63, 3.8) is 0 Å². The van der Waals surface area contributed by atoms with Gasteiger partial charge in [0.2, 0.25) is 5.91 Å². The van der Waals surface area contributed by atoms with Crippen LogP contribution >= 0.6 is 0 Å². The number of hydrogen-bond donors (Lipinski definition) is 4. The molecule has 284 valence electrons. The summed E-state index contributed by atoms with van der Waals surface area (Å²) in [7, 11) is 0. The maximum absolute atomic E-state index is 13.0. The number of primary amides is 1. The molecular formula is C40H55N3O9. The molecule has 3 rings (SSSR count). The van der Waals surface area contributed by atoms with Gasteiger partial charge in [0, 0.05) is 30.1 Å². The standard InChI is InChI=1S/C26H33NO6.C14H22N2O3/c1-8-31-24(29)21-16(3)27-17(4)22(25(30)32-9-2)23(21)19-13-11-10-12-18(19)14-15-20(28)33-26(5,6)7;1-10(2)16-8-12(17)9-19-13-5-3-11(4-6-13)7-14(15)18/h10-15,23,27H,8-9H2,1-7H3;3-6,10,12,16-17H,7-9H2,1-2H3,(H2,15,18)/b15-14+;. The lowest BCUT2D eigenvalue weighted by atomic mass is 9.78. The second-order valence-corrected chi connectivity index (χ2v) is 13.4. The number of nitrogens with one attached hydrogen (secondary N) is 2. The number of dihydropyridines is 1. The summed E-state index contributed by atoms with van der Waals surface area (Å²) < 4.78 is 21.4. The fourth-order valence-corrected chi connectivity index (χ4v) is 5.21. The third-order valence-corrected chi connectivity index (χ3v) is 7.37. The molecule has 0 aliphatic carbocycles. The van der Waals surface area contributed by atoms with Gasteiger partial charge in [-0.3, -0.25) is 4.79 Å². The molecule has 0 radical (unpaired) electrons. The Morgan fingerprint density at radius 1 is 0.923 bits per heavy atom. The van der Waals surface area contributed by atoms with Crippen molar-refractivity contribution in [2.75, 3.05) is 26.4 Å². The monoisotopic (exact) mass is 721 g/mol. The summed E-state index contributed by atoms with van der Waals surface area (Å²) in [6.45, 7) is 17.5. The summed E-state index contributed by atoms with van der Waals surface area (Å²) in [6.07, 6.45) is 2.64. The van der Waals surface area contributed by atoms with E-state index in [0.29, 0.717) is 52.0 Å². The molecule has 1 unspecified atom stereocenters. The molecule has 0 saturated heterocycles. The molecule has 1 aliphatic heterocycles. The number of aliphatic hydroxyl groups excluding tert-OH is 1. The van der Waals surface area contributed by atoms with Crippen LogP contribution in [0.25, 0.3) is 6.08 Å². The molecule has 0 fully saturated rings. The van der Waals surface area contributed by atoms with E-state index in [-0.39, 0.29) is 32.1 Å². The Labute approximate surface area is 307 Å². The molecule has 2 aromatic carbocycles. The number of allylic oxidation sites excluding steroid dienone is 2. The number of benzene rings is 2. The zero-order chi connectivity index (χ0) is 39.0. The quantitative estimate of drug-likeness (QED) is 0.112. The van der Waals surface area contributed by atoms with Crippen molar-refractivity contribution in [1.82, 2.24) is 10.6 Å². The Morgan fingerprint density at radius 3 is 1.98 bits per heavy atom. The highest BCUT2D eigenvalue weighted by Gasteiger charge is 2.38. The molecule has 12 nitrogen and oxygen atoms in total. The highest BCUT2D eigenvalue weighted by atomic mass is 16.6. The van der Waals surface area contributed by atoms with Crippen LogP contribution in [0.5, 0.6) is 5.75 Å². The minimum Gasteiger partial charge on any atom is -0.491 e. The molecular weight excluding hydrogens is 666 g/mol. The maximum atomic E-state index is 13.0. The Morgan fingerprint density at radius 2 is 1.48 bits per heavy atom. The van der Waals surface area contributed by atoms with Crippen molar-refractivity contribution in [3.05, 3.63) is 93.8 Å². The number of carbonyl (C=O) groups excluding carboxylic acids is 4. The lowest BCUT2D eigenvalue weighted by Crippen LogP contribution is -2.35. The lowest BCUT2D eigenvalue weighted by Gasteiger charge is -2.31. The maximum Gasteiger partial charge on any atom is 0.336 e. The fraction of sp³-hybridized carbons (Fsp3) is 0.450. The predicted octanol–water partition coefficient (Wildman–Crippen LogP) is 4.85. The van der Waals surface area contributed by atoms with E-state index in [1.54, 1.807) is 78.8 Å². The minimum absolute atomic E-state index is 0.194. The Hall–Kier alpha value is -4.94. The summed E-state index contributed by atoms with van der Waals surface area (Å²) in [5.41, 5.74) is 8.50. The Kier molecular flexibility index (Phi) is 17.3. The van der Waals surface area contributed by atoms with Gasteiger partial charge in [-0.2, -0.15) is 0 Å². The van der Waals surface area contributed by atoms with Crippen molar-refractivity contribution in [2.24, 2.45) is 5.73 Å². The Bertz CT molecular complexity index is 1580. The average Bonchev–Trinajstić information content (AvgIpc) is 3.05. The van der Waals surface area contributed by atoms with Crippen LogP contribution < -0.4 is 21.1 Å². The van der Waals surface area contributed by atoms with Gasteiger partial charge in [-0.15, -0.1) is 0 Å². The molecule has 5 N–H and O–H groups in total. The number of ether oxygens (including phenoxy) is 4. The van der Waals surface area contributed by atoms with Crippen molar-refractivity contribution in [2.45, 2.75) is 92.4 Å². The Balaban J connectivity index is 0.000000418. The summed E-state index contributed by atoms with van der Waals surface area (Å²) in [5, 5.41) is 15.9. The van der Waals surface area contributed by atoms with Crippen LogP contribution in [0.15, 0.2) is 77.1 Å². The van der Waals surface area contributed by atoms with Crippen molar-refractivity contribution in [1.29, 1.82) is 0 Å². The van der Waals surface area contributed by atoms with Gasteiger partial charge in [0.25, 0.3) is 0 Å². The van der Waals surface area contributed by atoms with E-state index in [1.807, 2.05) is 38.1 Å². The fourth-order valence-electron chi connectivity index (χ4n) is 5.21. The van der Waals surface area contributed by atoms with Gasteiger partial charge in [-0.25, -0.2) is 14.4 Å². The molecule has 0 bridgehead atoms. The summed E-state index contributed by atoms with van der Waals surface area (Å²) >= 11 is 0. The van der Waals surface area contributed by atoms with E-state index in [1.165, 1.54) is 6.08 Å². The SMILES string of the molecule is CC(C)NCC(O)COc1ccc(CC(N)=O)cc1.CCOC(=O)C1=C(C)NC(C)=C(C(=O)OCC)C1c1ccccc1/C=C/C(=O)OC(C)(C)C. The molecule has 1 amide bonds. The van der Waals surface area contributed by atoms with Crippen LogP contribution in [0.1, 0.15) is 84.9 Å². The molecule has 12 heteroatoms. The van der Waals surface area contributed by atoms with E-state index in [4.69, 9.17) is 24.7 Å². The summed E-state index contributed by atoms with van der Waals surface area (Å²) in [5.74, 6) is -1.96. The van der Waals surface area contributed by atoms with Crippen LogP contribution in [-0.2, 0) is 39.8 Å². The number of rotatable bonds is 15. The van der Waals surface area contributed by atoms with Crippen molar-refractivity contribution < 1.29 is 43.2 Å². The smallest absolute Gasteiger partial charge is 0.336 e. The third kappa shape index (κ3) is 14.4. The third-order valence-electron chi connectivity index (χ3n) is 7.37. The predicted molar refractivity (Wildman–Crippen MR) is 200 cm³/mol. The molecule has 2 aromatic rings. The van der Waals surface area contributed by atoms with Gasteiger partial charge < -0.3 is 40.4 Å². The first-order valence-electron chi connectivity index (χ1n) is 17.4. The molecule has 0 saturated carbocycles. The number of nitrogens with two attached hydrogens (primary N) is 1. The first-order valence-corrected chi connectivity index (χ1v) is 17.4. The normalized spacial score (nSPS) is 14.0. The zero-order valence-electron chi connectivity index (χ0n) is 31.8. The largest absolute Gasteiger partial charge is 0.491 e. The summed E-state index contributed by atoms with van der Waals surface area (Å²) in [4.78, 5) is 48.9. The lowest BCUT2D eigenvalue weighted by molar-refractivity contribution is -0.148. The van der Waals surface area contributed by atoms with Crippen LogP contribution in [0.3, 0.4) is 0 Å². The van der Waals surface area contributed by atoms with E-state index in [2.05, 4.69) is 10.6 Å². The number of aliphatic hydroxyl groups is 1. The van der Waals surface area contributed by atoms with E-state index in [9.17, 15) is 24.3 Å². The van der Waals surface area contributed by atoms with E-state index >= 15 is 0 Å². The van der Waals surface area contributed by atoms with Gasteiger partial charge in [-0.1, -0.05) is 50.2 Å². The highest BCUT2D eigenvalue weighted by Crippen LogP contribution is 2.41. The average molecular weight is 722 g/mol. The van der Waals surface area contributed by atoms with Gasteiger partial charge in [0.05, 0.1) is 36.7 Å². The summed E-state index contributed by atoms with van der Waals surface area (Å²) in [6, 6.07) is 14.7. The van der Waals surface area contributed by atoms with Crippen LogP contribution in [-0.4, -0.2) is 73.0 Å². The minimum atomic E-state index is -0.733. The van der Waals surface area contributed by atoms with E-state index in [0.717, 1.165) is 5.56 Å². The number of hydrogen-bond acceptors (Lipinski definition) is 11. The van der Waals surface area contributed by atoms with Crippen molar-refractivity contribution in [3.8, 4) is 5.75 Å². The topological polar surface area (TPSA) is 176 Å². The number of esters is 3. The van der Waals surface area contributed by atoms with Gasteiger partial charge >= 0.3 is 17.9 Å². The second-order valence-electron chi connectivity index (χ2n) is 13.4. The van der Waals surface area contributed by atoms with Crippen molar-refractivity contribution >= 4 is 29.9 Å². The number of carbonyl (C=O) groups is 4. The molecule has 0 aromatic heterocycles. The molecule has 1 heterocycles. The van der Waals surface area contributed by atoms with Gasteiger partial charge in [0.15, 0.2) is 0 Å². The second kappa shape index (κ2) is 20.8. The molecule has 1 aliphatic rings. The molecule has 0 spiro atoms. The highest BCUT2D eigenvalue weighted by molar-refractivity contribution is 6.00. The van der Waals surface area contributed by atoms with Crippen LogP contribution in [0.4, 0.5) is 0 Å². The van der Waals surface area contributed by atoms with E-state index < -0.39 is 35.5 Å². The van der Waals surface area contributed by atoms with Crippen LogP contribution in [0, 0.1) is 0 Å². The zero-order valence-corrected chi connectivity index (χ0v) is 31.8. The van der Waals surface area contributed by atoms with Gasteiger partial charge in [0.1, 0.15) is 24.1 Å². The van der Waals surface area contributed by atoms with Gasteiger partial charge in [-0.05, 0) is 83.4 Å². The van der Waals surface area contributed by atoms with Crippen LogP contribution in [0.2, 0.25) is 0 Å². The molecule has 52 heavy (non-hydrogen) atoms. The first kappa shape index (κ1) is 43.2. The first-order chi connectivity index (χ1) is 24.5.